The molecule has 0 unspecified atom stereocenters. The summed E-state index contributed by atoms with van der Waals surface area (Å²) in [4.78, 5) is 4.59. The molecule has 96 valence electrons. The SMILES string of the molecule is C=Cc1ccnc(-c2ccccc2)c1-c1ccccc1. The van der Waals surface area contributed by atoms with Crippen LogP contribution in [-0.2, 0) is 0 Å². The Morgan fingerprint density at radius 2 is 1.35 bits per heavy atom. The summed E-state index contributed by atoms with van der Waals surface area (Å²) in [7, 11) is 0. The maximum Gasteiger partial charge on any atom is 0.0786 e. The average molecular weight is 257 g/mol. The third-order valence-electron chi connectivity index (χ3n) is 3.31. The summed E-state index contributed by atoms with van der Waals surface area (Å²) in [6.45, 7) is 3.92. The van der Waals surface area contributed by atoms with E-state index in [1.807, 2.05) is 54.7 Å². The van der Waals surface area contributed by atoms with E-state index in [-0.39, 0.29) is 0 Å². The van der Waals surface area contributed by atoms with E-state index in [2.05, 4.69) is 35.8 Å². The number of hydrogen-bond donors (Lipinski definition) is 0. The van der Waals surface area contributed by atoms with Crippen molar-refractivity contribution in [3.8, 4) is 22.4 Å². The molecule has 0 aliphatic carbocycles. The van der Waals surface area contributed by atoms with E-state index in [0.717, 1.165) is 27.9 Å². The van der Waals surface area contributed by atoms with Crippen LogP contribution in [0.2, 0.25) is 0 Å². The number of nitrogens with zero attached hydrogens (tertiary/aromatic N) is 1. The summed E-state index contributed by atoms with van der Waals surface area (Å²) in [5.74, 6) is 0. The first-order valence-corrected chi connectivity index (χ1v) is 6.62. The first kappa shape index (κ1) is 12.4. The fourth-order valence-corrected chi connectivity index (χ4v) is 2.37. The molecule has 2 aromatic carbocycles. The van der Waals surface area contributed by atoms with Crippen molar-refractivity contribution in [3.05, 3.63) is 85.1 Å². The lowest BCUT2D eigenvalue weighted by molar-refractivity contribution is 1.32. The van der Waals surface area contributed by atoms with Crippen molar-refractivity contribution in [1.82, 2.24) is 4.98 Å². The van der Waals surface area contributed by atoms with E-state index >= 15 is 0 Å². The maximum absolute atomic E-state index is 4.59. The molecule has 0 aliphatic heterocycles. The van der Waals surface area contributed by atoms with E-state index in [9.17, 15) is 0 Å². The van der Waals surface area contributed by atoms with Crippen LogP contribution >= 0.6 is 0 Å². The standard InChI is InChI=1S/C19H15N/c1-2-15-13-14-20-19(17-11-7-4-8-12-17)18(15)16-9-5-3-6-10-16/h2-14H,1H2. The lowest BCUT2D eigenvalue weighted by Gasteiger charge is -2.12. The topological polar surface area (TPSA) is 12.9 Å². The Morgan fingerprint density at radius 3 is 1.95 bits per heavy atom. The summed E-state index contributed by atoms with van der Waals surface area (Å²) in [5.41, 5.74) is 5.51. The molecule has 0 amide bonds. The zero-order chi connectivity index (χ0) is 13.8. The molecular weight excluding hydrogens is 242 g/mol. The number of rotatable bonds is 3. The largest absolute Gasteiger partial charge is 0.256 e. The van der Waals surface area contributed by atoms with Crippen molar-refractivity contribution in [2.75, 3.05) is 0 Å². The number of pyridine rings is 1. The van der Waals surface area contributed by atoms with Gasteiger partial charge in [-0.2, -0.15) is 0 Å². The minimum absolute atomic E-state index is 0.995. The molecule has 0 fully saturated rings. The highest BCUT2D eigenvalue weighted by Crippen LogP contribution is 2.33. The Balaban J connectivity index is 2.29. The van der Waals surface area contributed by atoms with E-state index in [1.54, 1.807) is 0 Å². The van der Waals surface area contributed by atoms with Gasteiger partial charge in [0.05, 0.1) is 5.69 Å². The molecule has 1 heteroatoms. The molecule has 3 rings (SSSR count). The molecule has 0 N–H and O–H groups in total. The van der Waals surface area contributed by atoms with Gasteiger partial charge in [0.25, 0.3) is 0 Å². The molecule has 0 aliphatic rings. The van der Waals surface area contributed by atoms with Gasteiger partial charge in [-0.05, 0) is 17.2 Å². The second-order valence-corrected chi connectivity index (χ2v) is 4.56. The molecule has 0 saturated heterocycles. The highest BCUT2D eigenvalue weighted by Gasteiger charge is 2.11. The van der Waals surface area contributed by atoms with E-state index in [0.29, 0.717) is 0 Å². The van der Waals surface area contributed by atoms with Gasteiger partial charge in [0, 0.05) is 17.3 Å². The monoisotopic (exact) mass is 257 g/mol. The lowest BCUT2D eigenvalue weighted by Crippen LogP contribution is -1.92. The van der Waals surface area contributed by atoms with Gasteiger partial charge in [0.2, 0.25) is 0 Å². The minimum atomic E-state index is 0.995. The van der Waals surface area contributed by atoms with E-state index in [4.69, 9.17) is 0 Å². The van der Waals surface area contributed by atoms with Crippen LogP contribution < -0.4 is 0 Å². The average Bonchev–Trinajstić information content (AvgIpc) is 2.55. The first-order chi connectivity index (χ1) is 9.90. The fraction of sp³-hybridized carbons (Fsp3) is 0. The summed E-state index contributed by atoms with van der Waals surface area (Å²) < 4.78 is 0. The summed E-state index contributed by atoms with van der Waals surface area (Å²) in [6.07, 6.45) is 3.72. The maximum atomic E-state index is 4.59. The van der Waals surface area contributed by atoms with Crippen LogP contribution in [0.1, 0.15) is 5.56 Å². The molecule has 20 heavy (non-hydrogen) atoms. The zero-order valence-electron chi connectivity index (χ0n) is 11.2. The molecule has 0 saturated carbocycles. The Hall–Kier alpha value is -2.67. The van der Waals surface area contributed by atoms with Crippen LogP contribution in [0.15, 0.2) is 79.5 Å². The van der Waals surface area contributed by atoms with Gasteiger partial charge < -0.3 is 0 Å². The van der Waals surface area contributed by atoms with Crippen LogP contribution in [0.3, 0.4) is 0 Å². The zero-order valence-corrected chi connectivity index (χ0v) is 11.2. The van der Waals surface area contributed by atoms with Gasteiger partial charge in [-0.25, -0.2) is 0 Å². The number of aromatic nitrogens is 1. The van der Waals surface area contributed by atoms with Gasteiger partial charge >= 0.3 is 0 Å². The number of benzene rings is 2. The third-order valence-corrected chi connectivity index (χ3v) is 3.31. The van der Waals surface area contributed by atoms with Crippen LogP contribution in [-0.4, -0.2) is 4.98 Å². The van der Waals surface area contributed by atoms with Gasteiger partial charge in [-0.1, -0.05) is 73.3 Å². The lowest BCUT2D eigenvalue weighted by atomic mass is 9.95. The predicted octanol–water partition coefficient (Wildman–Crippen LogP) is 5.06. The van der Waals surface area contributed by atoms with Crippen LogP contribution in [0.25, 0.3) is 28.5 Å². The van der Waals surface area contributed by atoms with Crippen molar-refractivity contribution in [2.45, 2.75) is 0 Å². The Morgan fingerprint density at radius 1 is 0.750 bits per heavy atom. The Kier molecular flexibility index (Phi) is 3.42. The Labute approximate surface area is 119 Å². The molecule has 1 heterocycles. The quantitative estimate of drug-likeness (QED) is 0.639. The second-order valence-electron chi connectivity index (χ2n) is 4.56. The van der Waals surface area contributed by atoms with Crippen molar-refractivity contribution in [3.63, 3.8) is 0 Å². The van der Waals surface area contributed by atoms with Crippen LogP contribution in [0.4, 0.5) is 0 Å². The first-order valence-electron chi connectivity index (χ1n) is 6.62. The second kappa shape index (κ2) is 5.54. The highest BCUT2D eigenvalue weighted by molar-refractivity contribution is 5.86. The fourth-order valence-electron chi connectivity index (χ4n) is 2.37. The predicted molar refractivity (Wildman–Crippen MR) is 85.2 cm³/mol. The third kappa shape index (κ3) is 2.26. The van der Waals surface area contributed by atoms with E-state index in [1.165, 1.54) is 0 Å². The number of hydrogen-bond acceptors (Lipinski definition) is 1. The molecule has 0 radical (unpaired) electrons. The van der Waals surface area contributed by atoms with Crippen molar-refractivity contribution >= 4 is 6.08 Å². The van der Waals surface area contributed by atoms with E-state index < -0.39 is 0 Å². The summed E-state index contributed by atoms with van der Waals surface area (Å²) >= 11 is 0. The van der Waals surface area contributed by atoms with Gasteiger partial charge in [-0.15, -0.1) is 0 Å². The minimum Gasteiger partial charge on any atom is -0.256 e. The highest BCUT2D eigenvalue weighted by atomic mass is 14.7. The smallest absolute Gasteiger partial charge is 0.0786 e. The molecule has 1 aromatic heterocycles. The molecule has 3 aromatic rings. The molecular formula is C19H15N. The van der Waals surface area contributed by atoms with Gasteiger partial charge in [0.15, 0.2) is 0 Å². The van der Waals surface area contributed by atoms with Crippen molar-refractivity contribution in [1.29, 1.82) is 0 Å². The van der Waals surface area contributed by atoms with Crippen molar-refractivity contribution in [2.24, 2.45) is 0 Å². The molecule has 0 atom stereocenters. The van der Waals surface area contributed by atoms with Crippen LogP contribution in [0, 0.1) is 0 Å². The van der Waals surface area contributed by atoms with Crippen LogP contribution in [0.5, 0.6) is 0 Å². The van der Waals surface area contributed by atoms with Crippen molar-refractivity contribution < 1.29 is 0 Å². The molecule has 1 nitrogen and oxygen atoms in total. The molecule has 0 bridgehead atoms. The summed E-state index contributed by atoms with van der Waals surface area (Å²) in [6, 6.07) is 22.6. The Bertz CT molecular complexity index is 715. The normalized spacial score (nSPS) is 10.2. The molecule has 0 spiro atoms. The van der Waals surface area contributed by atoms with Gasteiger partial charge in [-0.3, -0.25) is 4.98 Å². The van der Waals surface area contributed by atoms with Gasteiger partial charge in [0.1, 0.15) is 0 Å². The summed E-state index contributed by atoms with van der Waals surface area (Å²) in [5, 5.41) is 0.